The molecule has 52 heavy (non-hydrogen) atoms. The van der Waals surface area contributed by atoms with Gasteiger partial charge in [-0.25, -0.2) is 9.97 Å². The van der Waals surface area contributed by atoms with Gasteiger partial charge in [0.05, 0.1) is 33.5 Å². The van der Waals surface area contributed by atoms with Gasteiger partial charge in [0.2, 0.25) is 0 Å². The van der Waals surface area contributed by atoms with Gasteiger partial charge >= 0.3 is 0 Å². The largest absolute Gasteiger partial charge is 0.314 e. The van der Waals surface area contributed by atoms with Gasteiger partial charge in [0.15, 0.2) is 0 Å². The average Bonchev–Trinajstić information content (AvgIpc) is 3.55. The molecule has 0 bridgehead atoms. The Labute approximate surface area is 303 Å². The van der Waals surface area contributed by atoms with Crippen molar-refractivity contribution in [2.45, 2.75) is 13.3 Å². The highest BCUT2D eigenvalue weighted by Gasteiger charge is 2.19. The predicted octanol–water partition coefficient (Wildman–Crippen LogP) is 13.1. The highest BCUT2D eigenvalue weighted by molar-refractivity contribution is 6.11. The third-order valence-electron chi connectivity index (χ3n) is 9.88. The van der Waals surface area contributed by atoms with Crippen LogP contribution in [0, 0.1) is 0 Å². The van der Waals surface area contributed by atoms with E-state index in [0.29, 0.717) is 0 Å². The second kappa shape index (κ2) is 13.2. The second-order valence-electron chi connectivity index (χ2n) is 13.0. The van der Waals surface area contributed by atoms with E-state index in [2.05, 4.69) is 187 Å². The van der Waals surface area contributed by atoms with Crippen molar-refractivity contribution in [2.24, 2.45) is 0 Å². The molecule has 0 aliphatic carbocycles. The summed E-state index contributed by atoms with van der Waals surface area (Å²) in [6, 6.07) is 61.7. The summed E-state index contributed by atoms with van der Waals surface area (Å²) in [5, 5.41) is 2.42. The van der Waals surface area contributed by atoms with Gasteiger partial charge in [-0.2, -0.15) is 0 Å². The molecule has 2 aromatic heterocycles. The van der Waals surface area contributed by atoms with Crippen LogP contribution in [0.3, 0.4) is 0 Å². The molecule has 0 aliphatic rings. The highest BCUT2D eigenvalue weighted by atomic mass is 15.1. The molecule has 0 spiro atoms. The van der Waals surface area contributed by atoms with Gasteiger partial charge < -0.3 is 9.47 Å². The van der Waals surface area contributed by atoms with Crippen molar-refractivity contribution < 1.29 is 0 Å². The molecule has 0 amide bonds. The summed E-state index contributed by atoms with van der Waals surface area (Å²) in [7, 11) is 0. The van der Waals surface area contributed by atoms with Gasteiger partial charge in [0.1, 0.15) is 0 Å². The predicted molar refractivity (Wildman–Crippen MR) is 219 cm³/mol. The molecule has 0 fully saturated rings. The number of hydrogen-bond donors (Lipinski definition) is 0. The fourth-order valence-electron chi connectivity index (χ4n) is 7.32. The van der Waals surface area contributed by atoms with Crippen molar-refractivity contribution >= 4 is 55.6 Å². The van der Waals surface area contributed by atoms with Gasteiger partial charge in [-0.1, -0.05) is 135 Å². The molecular weight excluding hydrogens is 633 g/mol. The molecule has 0 saturated carbocycles. The van der Waals surface area contributed by atoms with E-state index in [0.717, 1.165) is 73.9 Å². The zero-order valence-corrected chi connectivity index (χ0v) is 28.9. The number of anilines is 3. The molecule has 0 N–H and O–H groups in total. The molecule has 0 saturated heterocycles. The molecule has 0 atom stereocenters. The Kier molecular flexibility index (Phi) is 7.90. The number of aromatic nitrogens is 3. The Morgan fingerprint density at radius 2 is 1.10 bits per heavy atom. The summed E-state index contributed by atoms with van der Waals surface area (Å²) in [4.78, 5) is 13.0. The van der Waals surface area contributed by atoms with Crippen LogP contribution in [0.2, 0.25) is 0 Å². The van der Waals surface area contributed by atoms with Crippen molar-refractivity contribution in [3.05, 3.63) is 183 Å². The Bertz CT molecular complexity index is 2710. The molecule has 248 valence electrons. The van der Waals surface area contributed by atoms with Crippen LogP contribution in [-0.2, 0) is 0 Å². The minimum atomic E-state index is 0.854. The van der Waals surface area contributed by atoms with Crippen LogP contribution in [0.5, 0.6) is 0 Å². The van der Waals surface area contributed by atoms with Gasteiger partial charge in [-0.05, 0) is 66.6 Å². The average molecular weight is 669 g/mol. The van der Waals surface area contributed by atoms with E-state index < -0.39 is 0 Å². The molecule has 0 aliphatic heterocycles. The number of hydrogen-bond acceptors (Lipinski definition) is 3. The zero-order chi connectivity index (χ0) is 35.0. The highest BCUT2D eigenvalue weighted by Crippen LogP contribution is 2.41. The summed E-state index contributed by atoms with van der Waals surface area (Å²) in [5.41, 5.74) is 14.3. The van der Waals surface area contributed by atoms with Crippen LogP contribution < -0.4 is 4.90 Å². The number of fused-ring (bicyclic) bond motifs is 4. The monoisotopic (exact) mass is 668 g/mol. The van der Waals surface area contributed by atoms with Crippen molar-refractivity contribution in [3.63, 3.8) is 0 Å². The Morgan fingerprint density at radius 1 is 0.519 bits per heavy atom. The first kappa shape index (κ1) is 31.2. The van der Waals surface area contributed by atoms with Crippen LogP contribution in [0.25, 0.3) is 72.2 Å². The van der Waals surface area contributed by atoms with Crippen LogP contribution >= 0.6 is 0 Å². The molecule has 9 aromatic rings. The summed E-state index contributed by atoms with van der Waals surface area (Å²) in [5.74, 6) is 0. The summed E-state index contributed by atoms with van der Waals surface area (Å²) in [6.45, 7) is 6.56. The molecule has 2 heterocycles. The quantitative estimate of drug-likeness (QED) is 0.162. The second-order valence-corrected chi connectivity index (χ2v) is 13.0. The lowest BCUT2D eigenvalue weighted by Gasteiger charge is -2.26. The number of benzene rings is 7. The van der Waals surface area contributed by atoms with Crippen LogP contribution in [-0.4, -0.2) is 14.5 Å². The van der Waals surface area contributed by atoms with E-state index >= 15 is 0 Å². The fourth-order valence-corrected chi connectivity index (χ4v) is 7.32. The molecule has 0 radical (unpaired) electrons. The Balaban J connectivity index is 1.19. The molecule has 7 aromatic carbocycles. The smallest absolute Gasteiger partial charge is 0.0973 e. The molecule has 4 nitrogen and oxygen atoms in total. The SMILES string of the molecule is C=C(CC)n1c2ccccc2c2cc(N(c3ccccc3)c3ccc(-c4nc5cccc(-c6ccccc6)c5nc4-c4ccccc4)cc3)ccc21. The minimum Gasteiger partial charge on any atom is -0.314 e. The number of nitrogens with zero attached hydrogens (tertiary/aromatic N) is 4. The maximum absolute atomic E-state index is 5.34. The Hall–Kier alpha value is -6.78. The van der Waals surface area contributed by atoms with E-state index in [-0.39, 0.29) is 0 Å². The van der Waals surface area contributed by atoms with Crippen LogP contribution in [0.4, 0.5) is 17.1 Å². The fraction of sp³-hybridized carbons (Fsp3) is 0.0417. The zero-order valence-electron chi connectivity index (χ0n) is 28.9. The maximum atomic E-state index is 5.34. The minimum absolute atomic E-state index is 0.854. The van der Waals surface area contributed by atoms with Gasteiger partial charge in [0.25, 0.3) is 0 Å². The van der Waals surface area contributed by atoms with Gasteiger partial charge in [0, 0.05) is 50.2 Å². The van der Waals surface area contributed by atoms with E-state index in [9.17, 15) is 0 Å². The van der Waals surface area contributed by atoms with E-state index in [1.807, 2.05) is 12.1 Å². The third kappa shape index (κ3) is 5.42. The lowest BCUT2D eigenvalue weighted by Crippen LogP contribution is -2.09. The van der Waals surface area contributed by atoms with Crippen molar-refractivity contribution in [1.82, 2.24) is 14.5 Å². The van der Waals surface area contributed by atoms with Gasteiger partial charge in [-0.3, -0.25) is 0 Å². The van der Waals surface area contributed by atoms with E-state index in [4.69, 9.17) is 9.97 Å². The lowest BCUT2D eigenvalue weighted by molar-refractivity contribution is 1.09. The van der Waals surface area contributed by atoms with Crippen molar-refractivity contribution in [1.29, 1.82) is 0 Å². The molecule has 9 rings (SSSR count). The van der Waals surface area contributed by atoms with E-state index in [1.165, 1.54) is 21.8 Å². The Morgan fingerprint density at radius 3 is 1.83 bits per heavy atom. The van der Waals surface area contributed by atoms with Crippen LogP contribution in [0.1, 0.15) is 13.3 Å². The number of allylic oxidation sites excluding steroid dienone is 1. The van der Waals surface area contributed by atoms with Crippen molar-refractivity contribution in [3.8, 4) is 33.6 Å². The first-order chi connectivity index (χ1) is 25.7. The van der Waals surface area contributed by atoms with Crippen molar-refractivity contribution in [2.75, 3.05) is 4.90 Å². The topological polar surface area (TPSA) is 34.0 Å². The standard InChI is InChI=1S/C48H36N4/c1-3-33(2)51-44-25-14-13-22-41(44)42-32-39(30-31-45(42)51)52(37-20-11-6-12-21-37)38-28-26-36(27-29-38)46-47(35-18-9-5-10-19-35)50-48-40(23-15-24-43(48)49-46)34-16-7-4-8-17-34/h4-32H,2-3H2,1H3. The number of rotatable bonds is 8. The first-order valence-electron chi connectivity index (χ1n) is 17.8. The summed E-state index contributed by atoms with van der Waals surface area (Å²) >= 11 is 0. The maximum Gasteiger partial charge on any atom is 0.0973 e. The lowest BCUT2D eigenvalue weighted by atomic mass is 10.0. The first-order valence-corrected chi connectivity index (χ1v) is 17.8. The van der Waals surface area contributed by atoms with Gasteiger partial charge in [-0.15, -0.1) is 0 Å². The summed E-state index contributed by atoms with van der Waals surface area (Å²) < 4.78 is 2.30. The summed E-state index contributed by atoms with van der Waals surface area (Å²) in [6.07, 6.45) is 0.875. The third-order valence-corrected chi connectivity index (χ3v) is 9.88. The molecular formula is C48H36N4. The number of para-hydroxylation sites is 3. The normalized spacial score (nSPS) is 11.3. The molecule has 0 unspecified atom stereocenters. The van der Waals surface area contributed by atoms with Crippen LogP contribution in [0.15, 0.2) is 183 Å². The molecule has 4 heteroatoms. The van der Waals surface area contributed by atoms with E-state index in [1.54, 1.807) is 0 Å².